The average Bonchev–Trinajstić information content (AvgIpc) is 3.21. The van der Waals surface area contributed by atoms with Crippen LogP contribution in [0.2, 0.25) is 0 Å². The van der Waals surface area contributed by atoms with Crippen LogP contribution in [-0.2, 0) is 38.7 Å². The van der Waals surface area contributed by atoms with Crippen molar-refractivity contribution in [1.82, 2.24) is 0 Å². The number of aliphatic hydroxyl groups is 3. The third-order valence-electron chi connectivity index (χ3n) is 11.0. The zero-order valence-corrected chi connectivity index (χ0v) is 38.4. The fraction of sp³-hybridized carbons (Fsp3) is 0.872. The highest BCUT2D eigenvalue weighted by Gasteiger charge is 2.46. The lowest BCUT2D eigenvalue weighted by atomic mass is 10.00. The summed E-state index contributed by atoms with van der Waals surface area (Å²) in [6.07, 6.45) is 32.1. The lowest BCUT2D eigenvalue weighted by molar-refractivity contribution is -0.297. The molecule has 1 fully saturated rings. The predicted octanol–water partition coefficient (Wildman–Crippen LogP) is 10.0. The van der Waals surface area contributed by atoms with Gasteiger partial charge in [0, 0.05) is 12.8 Å². The number of aliphatic hydroxyl groups excluding tert-OH is 3. The number of ether oxygens (including phenoxy) is 4. The number of unbranched alkanes of at least 4 members (excludes halogenated alkanes) is 24. The van der Waals surface area contributed by atoms with Crippen molar-refractivity contribution in [3.63, 3.8) is 0 Å². The van der Waals surface area contributed by atoms with E-state index < -0.39 is 71.2 Å². The smallest absolute Gasteiger partial charge is 0.306 e. The third-order valence-corrected chi connectivity index (χ3v) is 11.8. The van der Waals surface area contributed by atoms with Crippen LogP contribution in [0.4, 0.5) is 0 Å². The maximum atomic E-state index is 12.8. The molecule has 1 rings (SSSR count). The van der Waals surface area contributed by atoms with Gasteiger partial charge in [0.1, 0.15) is 36.8 Å². The second-order valence-corrected chi connectivity index (χ2v) is 18.3. The molecule has 0 aromatic carbocycles. The summed E-state index contributed by atoms with van der Waals surface area (Å²) < 4.78 is 54.1. The molecule has 1 heterocycles. The van der Waals surface area contributed by atoms with Crippen molar-refractivity contribution in [1.29, 1.82) is 0 Å². The van der Waals surface area contributed by atoms with Gasteiger partial charge >= 0.3 is 11.9 Å². The van der Waals surface area contributed by atoms with Gasteiger partial charge in [-0.25, -0.2) is 0 Å². The second kappa shape index (κ2) is 37.7. The van der Waals surface area contributed by atoms with Crippen LogP contribution < -0.4 is 0 Å². The molecule has 352 valence electrons. The molecule has 0 aromatic heterocycles. The Morgan fingerprint density at radius 2 is 0.950 bits per heavy atom. The number of hydrogen-bond acceptors (Lipinski definition) is 11. The summed E-state index contributed by atoms with van der Waals surface area (Å²) in [6, 6.07) is 0. The molecule has 1 aliphatic rings. The molecule has 4 N–H and O–H groups in total. The number of allylic oxidation sites excluding steroid dienone is 4. The van der Waals surface area contributed by atoms with Crippen LogP contribution in [0.5, 0.6) is 0 Å². The molecule has 0 amide bonds. The predicted molar refractivity (Wildman–Crippen MR) is 238 cm³/mol. The Kier molecular flexibility index (Phi) is 35.2. The van der Waals surface area contributed by atoms with E-state index in [0.717, 1.165) is 70.6 Å². The van der Waals surface area contributed by atoms with Gasteiger partial charge in [-0.15, -0.1) is 0 Å². The Morgan fingerprint density at radius 3 is 1.38 bits per heavy atom. The Bertz CT molecular complexity index is 1210. The van der Waals surface area contributed by atoms with E-state index in [2.05, 4.69) is 38.2 Å². The molecular weight excluding hydrogens is 789 g/mol. The van der Waals surface area contributed by atoms with Crippen LogP contribution in [0.1, 0.15) is 206 Å². The molecule has 0 bridgehead atoms. The SMILES string of the molecule is CCCCCCCC/C=C/CCCCCCCCCC(=O)O[C@H](COC(=O)CCCCCCC/C=C/CCCCCCCC)CO[C@H]1O[C@H](CS(=O)(=O)O)[C@@H](O)C(O)C1O. The van der Waals surface area contributed by atoms with Crippen molar-refractivity contribution in [3.8, 4) is 0 Å². The van der Waals surface area contributed by atoms with Gasteiger partial charge in [-0.1, -0.05) is 154 Å². The minimum atomic E-state index is -4.60. The van der Waals surface area contributed by atoms with Gasteiger partial charge in [0.25, 0.3) is 10.1 Å². The van der Waals surface area contributed by atoms with Crippen molar-refractivity contribution in [3.05, 3.63) is 24.3 Å². The molecule has 12 nitrogen and oxygen atoms in total. The van der Waals surface area contributed by atoms with E-state index in [4.69, 9.17) is 18.9 Å². The largest absolute Gasteiger partial charge is 0.462 e. The van der Waals surface area contributed by atoms with Crippen LogP contribution in [0.25, 0.3) is 0 Å². The minimum absolute atomic E-state index is 0.159. The highest BCUT2D eigenvalue weighted by atomic mass is 32.2. The first kappa shape index (κ1) is 56.1. The molecule has 0 saturated carbocycles. The standard InChI is InChI=1S/C47H86O12S/c1-3-5-7-9-11-13-15-17-19-20-22-24-26-28-30-32-34-36-43(49)58-40(38-57-47-46(52)45(51)44(50)41(59-47)39-60(53,54)55)37-56-42(48)35-33-31-29-27-25-23-21-18-16-14-12-10-8-6-4-2/h17-19,21,40-41,44-47,50-52H,3-16,20,22-39H2,1-2H3,(H,53,54,55)/b19-17+,21-18+/t40-,41-,44-,45?,46?,47+/m1/s1. The Hall–Kier alpha value is -1.87. The van der Waals surface area contributed by atoms with Gasteiger partial charge in [-0.3, -0.25) is 14.1 Å². The van der Waals surface area contributed by atoms with Crippen LogP contribution in [0.15, 0.2) is 24.3 Å². The maximum absolute atomic E-state index is 12.8. The van der Waals surface area contributed by atoms with Gasteiger partial charge in [0.05, 0.1) is 6.61 Å². The summed E-state index contributed by atoms with van der Waals surface area (Å²) >= 11 is 0. The molecule has 13 heteroatoms. The van der Waals surface area contributed by atoms with E-state index in [1.165, 1.54) is 96.3 Å². The van der Waals surface area contributed by atoms with Crippen LogP contribution >= 0.6 is 0 Å². The first-order valence-electron chi connectivity index (χ1n) is 23.9. The molecule has 2 unspecified atom stereocenters. The third kappa shape index (κ3) is 31.9. The summed E-state index contributed by atoms with van der Waals surface area (Å²) in [5.74, 6) is -1.99. The summed E-state index contributed by atoms with van der Waals surface area (Å²) in [4.78, 5) is 25.4. The number of rotatable bonds is 40. The molecule has 0 aromatic rings. The molecule has 6 atom stereocenters. The zero-order valence-electron chi connectivity index (χ0n) is 37.6. The average molecular weight is 875 g/mol. The number of esters is 2. The molecule has 60 heavy (non-hydrogen) atoms. The summed E-state index contributed by atoms with van der Waals surface area (Å²) in [5, 5.41) is 30.9. The first-order valence-corrected chi connectivity index (χ1v) is 25.5. The van der Waals surface area contributed by atoms with Gasteiger partial charge in [0.2, 0.25) is 0 Å². The van der Waals surface area contributed by atoms with Crippen molar-refractivity contribution in [2.75, 3.05) is 19.0 Å². The van der Waals surface area contributed by atoms with Gasteiger partial charge < -0.3 is 34.3 Å². The Balaban J connectivity index is 2.43. The van der Waals surface area contributed by atoms with E-state index in [9.17, 15) is 37.9 Å². The molecular formula is C47H86O12S. The highest BCUT2D eigenvalue weighted by molar-refractivity contribution is 7.85. The minimum Gasteiger partial charge on any atom is -0.462 e. The Morgan fingerprint density at radius 1 is 0.550 bits per heavy atom. The van der Waals surface area contributed by atoms with E-state index in [1.807, 2.05) is 0 Å². The molecule has 1 aliphatic heterocycles. The summed E-state index contributed by atoms with van der Waals surface area (Å²) in [5.41, 5.74) is 0. The monoisotopic (exact) mass is 875 g/mol. The van der Waals surface area contributed by atoms with Crippen molar-refractivity contribution in [2.24, 2.45) is 0 Å². The summed E-state index contributed by atoms with van der Waals surface area (Å²) in [7, 11) is -4.60. The van der Waals surface area contributed by atoms with E-state index >= 15 is 0 Å². The number of carbonyl (C=O) groups excluding carboxylic acids is 2. The van der Waals surface area contributed by atoms with Crippen LogP contribution in [-0.4, -0.2) is 96.0 Å². The summed E-state index contributed by atoms with van der Waals surface area (Å²) in [6.45, 7) is 3.75. The van der Waals surface area contributed by atoms with E-state index in [1.54, 1.807) is 0 Å². The van der Waals surface area contributed by atoms with Crippen LogP contribution in [0.3, 0.4) is 0 Å². The fourth-order valence-corrected chi connectivity index (χ4v) is 7.95. The lowest BCUT2D eigenvalue weighted by Gasteiger charge is -2.40. The molecule has 0 radical (unpaired) electrons. The van der Waals surface area contributed by atoms with Crippen LogP contribution in [0, 0.1) is 0 Å². The fourth-order valence-electron chi connectivity index (χ4n) is 7.25. The molecule has 1 saturated heterocycles. The van der Waals surface area contributed by atoms with Gasteiger partial charge in [0.15, 0.2) is 12.4 Å². The van der Waals surface area contributed by atoms with E-state index in [0.29, 0.717) is 12.8 Å². The first-order chi connectivity index (χ1) is 29.0. The van der Waals surface area contributed by atoms with Crippen molar-refractivity contribution in [2.45, 2.75) is 243 Å². The van der Waals surface area contributed by atoms with Gasteiger partial charge in [-0.2, -0.15) is 8.42 Å². The van der Waals surface area contributed by atoms with Crippen molar-refractivity contribution >= 4 is 22.1 Å². The van der Waals surface area contributed by atoms with Gasteiger partial charge in [-0.05, 0) is 64.2 Å². The number of carbonyl (C=O) groups is 2. The van der Waals surface area contributed by atoms with E-state index in [-0.39, 0.29) is 19.4 Å². The second-order valence-electron chi connectivity index (χ2n) is 16.8. The number of hydrogen-bond donors (Lipinski definition) is 4. The lowest BCUT2D eigenvalue weighted by Crippen LogP contribution is -2.60. The Labute approximate surface area is 364 Å². The normalized spacial score (nSPS) is 20.3. The van der Waals surface area contributed by atoms with Crippen molar-refractivity contribution < 1.29 is 56.8 Å². The molecule has 0 aliphatic carbocycles. The quantitative estimate of drug-likeness (QED) is 0.0198. The zero-order chi connectivity index (χ0) is 44.1. The molecule has 0 spiro atoms. The topological polar surface area (TPSA) is 186 Å². The highest BCUT2D eigenvalue weighted by Crippen LogP contribution is 2.24. The maximum Gasteiger partial charge on any atom is 0.306 e.